The van der Waals surface area contributed by atoms with Gasteiger partial charge >= 0.3 is 0 Å². The molecule has 2 aromatic carbocycles. The lowest BCUT2D eigenvalue weighted by atomic mass is 9.80. The molecule has 0 aliphatic carbocycles. The molecule has 0 radical (unpaired) electrons. The Morgan fingerprint density at radius 1 is 1.04 bits per heavy atom. The van der Waals surface area contributed by atoms with Crippen LogP contribution in [0.15, 0.2) is 71.1 Å². The van der Waals surface area contributed by atoms with E-state index in [4.69, 9.17) is 16.0 Å². The van der Waals surface area contributed by atoms with Crippen molar-refractivity contribution in [2.24, 2.45) is 0 Å². The van der Waals surface area contributed by atoms with Crippen LogP contribution < -0.4 is 0 Å². The number of aldehydes is 1. The molecule has 0 fully saturated rings. The maximum Gasteiger partial charge on any atom is 0.211 e. The number of furan rings is 1. The van der Waals surface area contributed by atoms with Crippen molar-refractivity contribution in [2.45, 2.75) is 11.8 Å². The van der Waals surface area contributed by atoms with Crippen LogP contribution in [0.25, 0.3) is 0 Å². The number of carbonyl (C=O) groups is 1. The van der Waals surface area contributed by atoms with E-state index in [-0.39, 0.29) is 17.2 Å². The third-order valence-electron chi connectivity index (χ3n) is 4.28. The van der Waals surface area contributed by atoms with Crippen LogP contribution in [-0.2, 0) is 0 Å². The van der Waals surface area contributed by atoms with Crippen molar-refractivity contribution in [3.63, 3.8) is 0 Å². The summed E-state index contributed by atoms with van der Waals surface area (Å²) in [5, 5.41) is 11.9. The Hall–Kier alpha value is -2.92. The van der Waals surface area contributed by atoms with E-state index in [1.807, 2.05) is 30.3 Å². The Labute approximate surface area is 155 Å². The summed E-state index contributed by atoms with van der Waals surface area (Å²) in [6, 6.07) is 19.7. The van der Waals surface area contributed by atoms with Crippen LogP contribution in [-0.4, -0.2) is 17.8 Å². The zero-order chi connectivity index (χ0) is 18.5. The average Bonchev–Trinajstić information content (AvgIpc) is 3.11. The fraction of sp³-hybridized carbons (Fsp3) is 0.150. The summed E-state index contributed by atoms with van der Waals surface area (Å²) in [6.45, 7) is -0.319. The van der Waals surface area contributed by atoms with Gasteiger partial charge in [-0.1, -0.05) is 60.1 Å². The first-order chi connectivity index (χ1) is 12.6. The number of carbonyl (C=O) groups excluding carboxylic acids is 1. The maximum absolute atomic E-state index is 11.4. The summed E-state index contributed by atoms with van der Waals surface area (Å²) < 4.78 is 5.64. The van der Waals surface area contributed by atoms with E-state index in [1.54, 1.807) is 36.4 Å². The Kier molecular flexibility index (Phi) is 5.49. The van der Waals surface area contributed by atoms with Gasteiger partial charge in [0.1, 0.15) is 5.76 Å². The predicted molar refractivity (Wildman–Crippen MR) is 98.4 cm³/mol. The van der Waals surface area contributed by atoms with Crippen molar-refractivity contribution in [3.05, 3.63) is 105 Å². The summed E-state index contributed by atoms with van der Waals surface area (Å²) >= 11 is 6.34. The average molecular weight is 370 g/mol. The van der Waals surface area contributed by atoms with Crippen LogP contribution in [0.1, 0.15) is 39.3 Å². The molecule has 0 aliphatic heterocycles. The second-order valence-electron chi connectivity index (χ2n) is 5.89. The molecule has 0 saturated heterocycles. The molecular weight excluding hydrogens is 354 g/mol. The molecular formula is C20H16ClNO4. The number of nitro groups is 1. The number of nitrogens with zero attached hydrogens (tertiary/aromatic N) is 1. The topological polar surface area (TPSA) is 73.3 Å². The maximum atomic E-state index is 11.4. The molecule has 0 saturated carbocycles. The Morgan fingerprint density at radius 2 is 1.73 bits per heavy atom. The number of hydrogen-bond acceptors (Lipinski definition) is 4. The molecule has 0 N–H and O–H groups in total. The third-order valence-corrected chi connectivity index (χ3v) is 4.63. The molecule has 132 valence electrons. The smallest absolute Gasteiger partial charge is 0.211 e. The summed E-state index contributed by atoms with van der Waals surface area (Å²) in [6.07, 6.45) is 0.615. The molecule has 0 unspecified atom stereocenters. The summed E-state index contributed by atoms with van der Waals surface area (Å²) in [7, 11) is 0. The molecule has 3 aromatic rings. The van der Waals surface area contributed by atoms with Crippen molar-refractivity contribution in [2.75, 3.05) is 6.54 Å². The number of rotatable bonds is 7. The van der Waals surface area contributed by atoms with Crippen LogP contribution in [0.4, 0.5) is 0 Å². The van der Waals surface area contributed by atoms with Gasteiger partial charge in [0.05, 0.1) is 11.8 Å². The minimum atomic E-state index is -0.549. The van der Waals surface area contributed by atoms with Crippen molar-refractivity contribution in [1.29, 1.82) is 0 Å². The van der Waals surface area contributed by atoms with Crippen LogP contribution in [0.3, 0.4) is 0 Å². The van der Waals surface area contributed by atoms with Crippen LogP contribution in [0, 0.1) is 10.1 Å². The zero-order valence-electron chi connectivity index (χ0n) is 13.7. The highest BCUT2D eigenvalue weighted by atomic mass is 35.5. The quantitative estimate of drug-likeness (QED) is 0.336. The Bertz CT molecular complexity index is 907. The molecule has 0 amide bonds. The van der Waals surface area contributed by atoms with E-state index < -0.39 is 11.8 Å². The zero-order valence-corrected chi connectivity index (χ0v) is 14.5. The van der Waals surface area contributed by atoms with E-state index in [0.29, 0.717) is 22.6 Å². The molecule has 26 heavy (non-hydrogen) atoms. The second-order valence-corrected chi connectivity index (χ2v) is 6.30. The van der Waals surface area contributed by atoms with Gasteiger partial charge in [-0.15, -0.1) is 0 Å². The summed E-state index contributed by atoms with van der Waals surface area (Å²) in [5.74, 6) is -0.327. The van der Waals surface area contributed by atoms with Gasteiger partial charge in [-0.3, -0.25) is 14.9 Å². The van der Waals surface area contributed by atoms with Gasteiger partial charge in [0, 0.05) is 9.95 Å². The Morgan fingerprint density at radius 3 is 2.35 bits per heavy atom. The fourth-order valence-electron chi connectivity index (χ4n) is 3.17. The molecule has 0 bridgehead atoms. The fourth-order valence-corrected chi connectivity index (χ4v) is 3.45. The first-order valence-corrected chi connectivity index (χ1v) is 8.44. The van der Waals surface area contributed by atoms with Crippen LogP contribution >= 0.6 is 11.6 Å². The highest BCUT2D eigenvalue weighted by Crippen LogP contribution is 2.41. The van der Waals surface area contributed by atoms with E-state index in [0.717, 1.165) is 5.56 Å². The highest BCUT2D eigenvalue weighted by molar-refractivity contribution is 6.31. The van der Waals surface area contributed by atoms with Crippen LogP contribution in [0.2, 0.25) is 5.02 Å². The Balaban J connectivity index is 2.17. The SMILES string of the molecule is O=Cc1ccc([C@H](c2ccccc2)[C@@H](C[N+](=O)[O-])c2ccccc2Cl)o1. The van der Waals surface area contributed by atoms with E-state index in [2.05, 4.69) is 0 Å². The standard InChI is InChI=1S/C20H16ClNO4/c21-18-9-5-4-8-16(18)17(12-22(24)25)20(14-6-2-1-3-7-14)19-11-10-15(13-23)26-19/h1-11,13,17,20H,12H2/t17-,20+/m0/s1. The number of hydrogen-bond donors (Lipinski definition) is 0. The molecule has 0 aliphatic rings. The minimum Gasteiger partial charge on any atom is -0.458 e. The van der Waals surface area contributed by atoms with Crippen molar-refractivity contribution < 1.29 is 14.1 Å². The van der Waals surface area contributed by atoms with Crippen molar-refractivity contribution >= 4 is 17.9 Å². The first-order valence-electron chi connectivity index (χ1n) is 8.06. The molecule has 3 rings (SSSR count). The van der Waals surface area contributed by atoms with Gasteiger partial charge in [0.2, 0.25) is 6.54 Å². The lowest BCUT2D eigenvalue weighted by Crippen LogP contribution is -2.21. The molecule has 5 nitrogen and oxygen atoms in total. The van der Waals surface area contributed by atoms with E-state index >= 15 is 0 Å². The minimum absolute atomic E-state index is 0.181. The molecule has 0 spiro atoms. The molecule has 2 atom stereocenters. The molecule has 6 heteroatoms. The van der Waals surface area contributed by atoms with E-state index in [1.165, 1.54) is 0 Å². The van der Waals surface area contributed by atoms with Gasteiger partial charge in [-0.05, 0) is 29.3 Å². The van der Waals surface area contributed by atoms with Gasteiger partial charge < -0.3 is 4.42 Å². The number of benzene rings is 2. The first kappa shape index (κ1) is 17.9. The lowest BCUT2D eigenvalue weighted by molar-refractivity contribution is -0.483. The predicted octanol–water partition coefficient (Wildman–Crippen LogP) is 4.94. The van der Waals surface area contributed by atoms with Gasteiger partial charge in [0.15, 0.2) is 12.0 Å². The monoisotopic (exact) mass is 369 g/mol. The summed E-state index contributed by atoms with van der Waals surface area (Å²) in [4.78, 5) is 22.1. The molecule has 1 heterocycles. The van der Waals surface area contributed by atoms with Crippen molar-refractivity contribution in [3.8, 4) is 0 Å². The lowest BCUT2D eigenvalue weighted by Gasteiger charge is -2.24. The van der Waals surface area contributed by atoms with E-state index in [9.17, 15) is 14.9 Å². The van der Waals surface area contributed by atoms with Gasteiger partial charge in [-0.25, -0.2) is 0 Å². The third kappa shape index (κ3) is 3.83. The van der Waals surface area contributed by atoms with Gasteiger partial charge in [-0.2, -0.15) is 0 Å². The summed E-state index contributed by atoms with van der Waals surface area (Å²) in [5.41, 5.74) is 1.52. The molecule has 1 aromatic heterocycles. The van der Waals surface area contributed by atoms with Gasteiger partial charge in [0.25, 0.3) is 0 Å². The number of halogens is 1. The van der Waals surface area contributed by atoms with Crippen LogP contribution in [0.5, 0.6) is 0 Å². The second kappa shape index (κ2) is 7.97. The largest absolute Gasteiger partial charge is 0.458 e. The normalized spacial score (nSPS) is 13.1. The van der Waals surface area contributed by atoms with Crippen molar-refractivity contribution in [1.82, 2.24) is 0 Å². The highest BCUT2D eigenvalue weighted by Gasteiger charge is 2.34.